The van der Waals surface area contributed by atoms with Gasteiger partial charge in [0.2, 0.25) is 5.91 Å². The van der Waals surface area contributed by atoms with Crippen molar-refractivity contribution >= 4 is 17.7 Å². The number of amides is 1. The first kappa shape index (κ1) is 14.9. The minimum Gasteiger partial charge on any atom is -0.336 e. The third-order valence-corrected chi connectivity index (χ3v) is 5.36. The molecule has 2 atom stereocenters. The molecule has 5 heteroatoms. The predicted molar refractivity (Wildman–Crippen MR) is 83.8 cm³/mol. The average Bonchev–Trinajstić information content (AvgIpc) is 2.98. The van der Waals surface area contributed by atoms with Crippen LogP contribution in [0.15, 0.2) is 24.3 Å². The lowest BCUT2D eigenvalue weighted by atomic mass is 10.0. The molecule has 0 radical (unpaired) electrons. The Labute approximate surface area is 129 Å². The van der Waals surface area contributed by atoms with Crippen LogP contribution in [0.2, 0.25) is 0 Å². The highest BCUT2D eigenvalue weighted by Gasteiger charge is 2.31. The molecule has 114 valence electrons. The second-order valence-electron chi connectivity index (χ2n) is 5.73. The highest BCUT2D eigenvalue weighted by molar-refractivity contribution is 7.99. The van der Waals surface area contributed by atoms with E-state index in [2.05, 4.69) is 5.32 Å². The molecule has 1 N–H and O–H groups in total. The predicted octanol–water partition coefficient (Wildman–Crippen LogP) is 2.58. The molecule has 0 aliphatic carbocycles. The Balaban J connectivity index is 1.67. The number of halogens is 1. The fraction of sp³-hybridized carbons (Fsp3) is 0.562. The van der Waals surface area contributed by atoms with Crippen molar-refractivity contribution in [1.82, 2.24) is 10.2 Å². The number of nitrogens with zero attached hydrogens (tertiary/aromatic N) is 1. The average molecular weight is 308 g/mol. The third kappa shape index (κ3) is 3.58. The Morgan fingerprint density at radius 2 is 2.38 bits per heavy atom. The Morgan fingerprint density at radius 3 is 3.14 bits per heavy atom. The number of benzene rings is 1. The van der Waals surface area contributed by atoms with Crippen LogP contribution in [0.3, 0.4) is 0 Å². The van der Waals surface area contributed by atoms with Gasteiger partial charge in [0.1, 0.15) is 5.82 Å². The molecule has 1 amide bonds. The fourth-order valence-corrected chi connectivity index (χ4v) is 4.15. The van der Waals surface area contributed by atoms with Gasteiger partial charge >= 0.3 is 0 Å². The van der Waals surface area contributed by atoms with E-state index in [1.165, 1.54) is 6.07 Å². The first-order valence-corrected chi connectivity index (χ1v) is 8.75. The van der Waals surface area contributed by atoms with Crippen molar-refractivity contribution < 1.29 is 9.18 Å². The lowest BCUT2D eigenvalue weighted by molar-refractivity contribution is -0.132. The fourth-order valence-electron chi connectivity index (χ4n) is 3.20. The lowest BCUT2D eigenvalue weighted by Gasteiger charge is -2.29. The van der Waals surface area contributed by atoms with E-state index >= 15 is 0 Å². The molecule has 0 saturated carbocycles. The minimum absolute atomic E-state index is 0.0458. The Morgan fingerprint density at radius 1 is 1.48 bits per heavy atom. The molecule has 21 heavy (non-hydrogen) atoms. The largest absolute Gasteiger partial charge is 0.336 e. The lowest BCUT2D eigenvalue weighted by Crippen LogP contribution is -2.42. The van der Waals surface area contributed by atoms with E-state index in [9.17, 15) is 9.18 Å². The smallest absolute Gasteiger partial charge is 0.224 e. The molecule has 1 aromatic carbocycles. The van der Waals surface area contributed by atoms with Crippen LogP contribution < -0.4 is 5.32 Å². The summed E-state index contributed by atoms with van der Waals surface area (Å²) in [5, 5.41) is 3.41. The zero-order valence-electron chi connectivity index (χ0n) is 12.1. The molecule has 2 fully saturated rings. The zero-order chi connectivity index (χ0) is 14.7. The highest BCUT2D eigenvalue weighted by Crippen LogP contribution is 2.33. The van der Waals surface area contributed by atoms with Gasteiger partial charge in [0, 0.05) is 37.1 Å². The Hall–Kier alpha value is -1.07. The van der Waals surface area contributed by atoms with Crippen LogP contribution in [-0.4, -0.2) is 41.4 Å². The number of hydrogen-bond acceptors (Lipinski definition) is 3. The molecule has 3 rings (SSSR count). The maximum absolute atomic E-state index is 13.4. The summed E-state index contributed by atoms with van der Waals surface area (Å²) in [6.45, 7) is 1.77. The van der Waals surface area contributed by atoms with Crippen molar-refractivity contribution in [3.8, 4) is 0 Å². The van der Waals surface area contributed by atoms with Gasteiger partial charge < -0.3 is 10.2 Å². The number of likely N-dealkylation sites (tertiary alicyclic amines) is 1. The van der Waals surface area contributed by atoms with Crippen LogP contribution in [0.4, 0.5) is 4.39 Å². The normalized spacial score (nSPS) is 26.0. The second-order valence-corrected chi connectivity index (χ2v) is 6.88. The number of carbonyl (C=O) groups is 1. The summed E-state index contributed by atoms with van der Waals surface area (Å²) in [4.78, 5) is 14.5. The van der Waals surface area contributed by atoms with Gasteiger partial charge in [-0.25, -0.2) is 4.39 Å². The summed E-state index contributed by atoms with van der Waals surface area (Å²) in [6, 6.07) is 6.99. The van der Waals surface area contributed by atoms with Crippen molar-refractivity contribution in [2.24, 2.45) is 0 Å². The van der Waals surface area contributed by atoms with E-state index < -0.39 is 0 Å². The van der Waals surface area contributed by atoms with Gasteiger partial charge in [-0.2, -0.15) is 11.8 Å². The van der Waals surface area contributed by atoms with Gasteiger partial charge in [-0.1, -0.05) is 12.1 Å². The Bertz CT molecular complexity index is 505. The van der Waals surface area contributed by atoms with Gasteiger partial charge in [0.05, 0.1) is 6.04 Å². The number of hydrogen-bond donors (Lipinski definition) is 1. The van der Waals surface area contributed by atoms with Crippen molar-refractivity contribution in [2.75, 3.05) is 24.6 Å². The van der Waals surface area contributed by atoms with Crippen LogP contribution in [0.25, 0.3) is 0 Å². The van der Waals surface area contributed by atoms with Crippen LogP contribution in [0, 0.1) is 5.82 Å². The zero-order valence-corrected chi connectivity index (χ0v) is 12.9. The summed E-state index contributed by atoms with van der Waals surface area (Å²) in [5.74, 6) is 2.10. The van der Waals surface area contributed by atoms with Crippen LogP contribution in [-0.2, 0) is 4.79 Å². The second kappa shape index (κ2) is 6.79. The van der Waals surface area contributed by atoms with Gasteiger partial charge in [0.15, 0.2) is 0 Å². The van der Waals surface area contributed by atoms with Crippen molar-refractivity contribution in [1.29, 1.82) is 0 Å². The molecule has 0 bridgehead atoms. The molecular formula is C16H21FN2OS. The summed E-state index contributed by atoms with van der Waals surface area (Å²) >= 11 is 1.90. The number of rotatable bonds is 3. The third-order valence-electron chi connectivity index (χ3n) is 4.23. The molecule has 2 saturated heterocycles. The quantitative estimate of drug-likeness (QED) is 0.931. The standard InChI is InChI=1S/C16H21FN2OS/c17-13-4-1-3-12(9-13)15-5-2-7-19(15)16(20)10-14-11-21-8-6-18-14/h1,3-4,9,14-15,18H,2,5-8,10-11H2. The topological polar surface area (TPSA) is 32.3 Å². The van der Waals surface area contributed by atoms with E-state index in [4.69, 9.17) is 0 Å². The summed E-state index contributed by atoms with van der Waals surface area (Å²) < 4.78 is 13.4. The van der Waals surface area contributed by atoms with E-state index in [-0.39, 0.29) is 23.8 Å². The number of nitrogens with one attached hydrogen (secondary N) is 1. The van der Waals surface area contributed by atoms with Crippen LogP contribution in [0.5, 0.6) is 0 Å². The van der Waals surface area contributed by atoms with E-state index in [0.29, 0.717) is 6.42 Å². The molecule has 2 unspecified atom stereocenters. The number of carbonyl (C=O) groups excluding carboxylic acids is 1. The molecule has 2 aliphatic rings. The highest BCUT2D eigenvalue weighted by atomic mass is 32.2. The monoisotopic (exact) mass is 308 g/mol. The van der Waals surface area contributed by atoms with E-state index in [1.54, 1.807) is 12.1 Å². The van der Waals surface area contributed by atoms with Gasteiger partial charge in [-0.05, 0) is 30.5 Å². The van der Waals surface area contributed by atoms with Gasteiger partial charge in [-0.3, -0.25) is 4.79 Å². The van der Waals surface area contributed by atoms with E-state index in [0.717, 1.165) is 43.0 Å². The summed E-state index contributed by atoms with van der Waals surface area (Å²) in [7, 11) is 0. The van der Waals surface area contributed by atoms with Crippen molar-refractivity contribution in [2.45, 2.75) is 31.3 Å². The van der Waals surface area contributed by atoms with Gasteiger partial charge in [-0.15, -0.1) is 0 Å². The van der Waals surface area contributed by atoms with Crippen LogP contribution >= 0.6 is 11.8 Å². The SMILES string of the molecule is O=C(CC1CSCCN1)N1CCCC1c1cccc(F)c1. The minimum atomic E-state index is -0.225. The van der Waals surface area contributed by atoms with E-state index in [1.807, 2.05) is 22.7 Å². The van der Waals surface area contributed by atoms with Crippen LogP contribution in [0.1, 0.15) is 30.9 Å². The molecule has 2 heterocycles. The number of thioether (sulfide) groups is 1. The maximum Gasteiger partial charge on any atom is 0.224 e. The molecule has 0 spiro atoms. The van der Waals surface area contributed by atoms with Crippen molar-refractivity contribution in [3.63, 3.8) is 0 Å². The maximum atomic E-state index is 13.4. The first-order valence-electron chi connectivity index (χ1n) is 7.60. The summed E-state index contributed by atoms with van der Waals surface area (Å²) in [5.41, 5.74) is 0.923. The summed E-state index contributed by atoms with van der Waals surface area (Å²) in [6.07, 6.45) is 2.49. The van der Waals surface area contributed by atoms with Gasteiger partial charge in [0.25, 0.3) is 0 Å². The first-order chi connectivity index (χ1) is 10.2. The molecular weight excluding hydrogens is 287 g/mol. The van der Waals surface area contributed by atoms with Crippen molar-refractivity contribution in [3.05, 3.63) is 35.6 Å². The Kier molecular flexibility index (Phi) is 4.80. The molecule has 2 aliphatic heterocycles. The molecule has 1 aromatic rings. The molecule has 3 nitrogen and oxygen atoms in total. The molecule has 0 aromatic heterocycles.